The molecule has 0 aliphatic carbocycles. The van der Waals surface area contributed by atoms with Gasteiger partial charge in [0.15, 0.2) is 0 Å². The van der Waals surface area contributed by atoms with Gasteiger partial charge in [-0.25, -0.2) is 0 Å². The largest absolute Gasteiger partial charge is 0.330 e. The molecule has 1 aliphatic heterocycles. The number of nitrogens with zero attached hydrogens (tertiary/aromatic N) is 1. The molecule has 0 spiro atoms. The van der Waals surface area contributed by atoms with Crippen LogP contribution in [0.15, 0.2) is 0 Å². The number of nitrogens with two attached hydrogens (primary N) is 1. The molecule has 12 heavy (non-hydrogen) atoms. The molecule has 1 heterocycles. The van der Waals surface area contributed by atoms with Crippen LogP contribution in [-0.4, -0.2) is 31.1 Å². The van der Waals surface area contributed by atoms with E-state index in [4.69, 9.17) is 5.73 Å². The van der Waals surface area contributed by atoms with E-state index in [0.29, 0.717) is 0 Å². The van der Waals surface area contributed by atoms with Gasteiger partial charge in [0.25, 0.3) is 0 Å². The van der Waals surface area contributed by atoms with Gasteiger partial charge < -0.3 is 10.6 Å². The van der Waals surface area contributed by atoms with E-state index in [0.717, 1.165) is 18.5 Å². The fourth-order valence-electron chi connectivity index (χ4n) is 2.52. The Hall–Kier alpha value is -0.0800. The molecule has 1 saturated heterocycles. The van der Waals surface area contributed by atoms with E-state index >= 15 is 0 Å². The van der Waals surface area contributed by atoms with Crippen molar-refractivity contribution in [1.29, 1.82) is 0 Å². The first kappa shape index (κ1) is 10.0. The molecular formula is C10H22N2. The van der Waals surface area contributed by atoms with Crippen molar-refractivity contribution in [3.63, 3.8) is 0 Å². The van der Waals surface area contributed by atoms with Crippen molar-refractivity contribution in [1.82, 2.24) is 4.90 Å². The van der Waals surface area contributed by atoms with Gasteiger partial charge in [0.05, 0.1) is 0 Å². The van der Waals surface area contributed by atoms with E-state index in [2.05, 4.69) is 18.9 Å². The van der Waals surface area contributed by atoms with Crippen LogP contribution in [0.3, 0.4) is 0 Å². The van der Waals surface area contributed by atoms with E-state index in [1.54, 1.807) is 0 Å². The van der Waals surface area contributed by atoms with Gasteiger partial charge >= 0.3 is 0 Å². The maximum absolute atomic E-state index is 5.60. The van der Waals surface area contributed by atoms with Crippen molar-refractivity contribution in [3.05, 3.63) is 0 Å². The zero-order chi connectivity index (χ0) is 8.97. The minimum atomic E-state index is 0.794. The summed E-state index contributed by atoms with van der Waals surface area (Å²) in [6.07, 6.45) is 5.24. The van der Waals surface area contributed by atoms with Gasteiger partial charge in [-0.15, -0.1) is 0 Å². The van der Waals surface area contributed by atoms with Crippen LogP contribution in [0, 0.1) is 5.92 Å². The molecule has 1 rings (SSSR count). The van der Waals surface area contributed by atoms with Crippen LogP contribution in [0.2, 0.25) is 0 Å². The highest BCUT2D eigenvalue weighted by molar-refractivity contribution is 4.81. The zero-order valence-electron chi connectivity index (χ0n) is 8.42. The van der Waals surface area contributed by atoms with Gasteiger partial charge in [0.2, 0.25) is 0 Å². The summed E-state index contributed by atoms with van der Waals surface area (Å²) in [7, 11) is 2.25. The molecule has 0 saturated carbocycles. The summed E-state index contributed by atoms with van der Waals surface area (Å²) < 4.78 is 0. The van der Waals surface area contributed by atoms with Gasteiger partial charge in [-0.05, 0) is 51.7 Å². The second-order valence-corrected chi connectivity index (χ2v) is 3.94. The first-order valence-corrected chi connectivity index (χ1v) is 5.20. The van der Waals surface area contributed by atoms with Crippen molar-refractivity contribution < 1.29 is 0 Å². The van der Waals surface area contributed by atoms with Crippen LogP contribution >= 0.6 is 0 Å². The third-order valence-corrected chi connectivity index (χ3v) is 3.15. The molecule has 72 valence electrons. The van der Waals surface area contributed by atoms with E-state index in [1.165, 1.54) is 32.2 Å². The minimum absolute atomic E-state index is 0.794. The molecule has 2 N–H and O–H groups in total. The number of rotatable bonds is 3. The Kier molecular flexibility index (Phi) is 4.02. The van der Waals surface area contributed by atoms with Crippen LogP contribution < -0.4 is 5.73 Å². The molecule has 2 heteroatoms. The average Bonchev–Trinajstić information content (AvgIpc) is 2.05. The molecule has 2 nitrogen and oxygen atoms in total. The Labute approximate surface area is 76.1 Å². The average molecular weight is 170 g/mol. The van der Waals surface area contributed by atoms with E-state index in [1.807, 2.05) is 0 Å². The third kappa shape index (κ3) is 2.20. The number of hydrogen-bond acceptors (Lipinski definition) is 2. The topological polar surface area (TPSA) is 29.3 Å². The van der Waals surface area contributed by atoms with Crippen molar-refractivity contribution in [3.8, 4) is 0 Å². The second kappa shape index (κ2) is 4.83. The first-order chi connectivity index (χ1) is 5.79. The molecule has 1 aliphatic rings. The minimum Gasteiger partial charge on any atom is -0.330 e. The Morgan fingerprint density at radius 2 is 2.25 bits per heavy atom. The lowest BCUT2D eigenvalue weighted by atomic mass is 9.85. The van der Waals surface area contributed by atoms with Gasteiger partial charge in [-0.2, -0.15) is 0 Å². The molecule has 0 aromatic carbocycles. The van der Waals surface area contributed by atoms with Crippen LogP contribution in [0.25, 0.3) is 0 Å². The lowest BCUT2D eigenvalue weighted by Gasteiger charge is -2.38. The molecule has 0 aromatic heterocycles. The Morgan fingerprint density at radius 3 is 2.83 bits per heavy atom. The molecular weight excluding hydrogens is 148 g/mol. The Balaban J connectivity index is 2.45. The summed E-state index contributed by atoms with van der Waals surface area (Å²) in [5.41, 5.74) is 5.60. The third-order valence-electron chi connectivity index (χ3n) is 3.15. The molecule has 2 unspecified atom stereocenters. The predicted molar refractivity (Wildman–Crippen MR) is 53.1 cm³/mol. The fourth-order valence-corrected chi connectivity index (χ4v) is 2.52. The Morgan fingerprint density at radius 1 is 1.50 bits per heavy atom. The van der Waals surface area contributed by atoms with E-state index in [-0.39, 0.29) is 0 Å². The molecule has 2 atom stereocenters. The van der Waals surface area contributed by atoms with Gasteiger partial charge in [0, 0.05) is 6.04 Å². The Bertz CT molecular complexity index is 123. The molecule has 0 amide bonds. The summed E-state index contributed by atoms with van der Waals surface area (Å²) in [4.78, 5) is 2.50. The maximum Gasteiger partial charge on any atom is 0.0118 e. The normalized spacial score (nSPS) is 32.2. The lowest BCUT2D eigenvalue weighted by Crippen LogP contribution is -2.42. The standard InChI is InChI=1S/C10H22N2/c1-3-10-9(6-7-11)5-4-8-12(10)2/h9-10H,3-8,11H2,1-2H3. The summed E-state index contributed by atoms with van der Waals surface area (Å²) in [5.74, 6) is 0.860. The highest BCUT2D eigenvalue weighted by atomic mass is 15.1. The zero-order valence-corrected chi connectivity index (χ0v) is 8.42. The second-order valence-electron chi connectivity index (χ2n) is 3.94. The maximum atomic E-state index is 5.60. The quantitative estimate of drug-likeness (QED) is 0.694. The van der Waals surface area contributed by atoms with Gasteiger partial charge in [-0.1, -0.05) is 6.92 Å². The monoisotopic (exact) mass is 170 g/mol. The van der Waals surface area contributed by atoms with Crippen LogP contribution in [-0.2, 0) is 0 Å². The molecule has 0 bridgehead atoms. The highest BCUT2D eigenvalue weighted by Crippen LogP contribution is 2.26. The lowest BCUT2D eigenvalue weighted by molar-refractivity contribution is 0.112. The number of hydrogen-bond donors (Lipinski definition) is 1. The van der Waals surface area contributed by atoms with Gasteiger partial charge in [-0.3, -0.25) is 0 Å². The summed E-state index contributed by atoms with van der Waals surface area (Å²) in [5, 5.41) is 0. The highest BCUT2D eigenvalue weighted by Gasteiger charge is 2.26. The number of piperidine rings is 1. The van der Waals surface area contributed by atoms with E-state index < -0.39 is 0 Å². The molecule has 1 fully saturated rings. The van der Waals surface area contributed by atoms with Crippen molar-refractivity contribution in [2.24, 2.45) is 11.7 Å². The molecule has 0 aromatic rings. The van der Waals surface area contributed by atoms with Crippen molar-refractivity contribution >= 4 is 0 Å². The van der Waals surface area contributed by atoms with Crippen molar-refractivity contribution in [2.45, 2.75) is 38.6 Å². The van der Waals surface area contributed by atoms with E-state index in [9.17, 15) is 0 Å². The summed E-state index contributed by atoms with van der Waals surface area (Å²) in [6, 6.07) is 0.794. The van der Waals surface area contributed by atoms with Gasteiger partial charge in [0.1, 0.15) is 0 Å². The van der Waals surface area contributed by atoms with Crippen LogP contribution in [0.5, 0.6) is 0 Å². The van der Waals surface area contributed by atoms with Crippen molar-refractivity contribution in [2.75, 3.05) is 20.1 Å². The van der Waals surface area contributed by atoms with Crippen LogP contribution in [0.1, 0.15) is 32.6 Å². The summed E-state index contributed by atoms with van der Waals surface area (Å²) in [6.45, 7) is 4.42. The number of likely N-dealkylation sites (tertiary alicyclic amines) is 1. The van der Waals surface area contributed by atoms with Crippen LogP contribution in [0.4, 0.5) is 0 Å². The molecule has 0 radical (unpaired) electrons. The fraction of sp³-hybridized carbons (Fsp3) is 1.00. The SMILES string of the molecule is CCC1C(CCN)CCCN1C. The first-order valence-electron chi connectivity index (χ1n) is 5.20. The smallest absolute Gasteiger partial charge is 0.0118 e. The summed E-state index contributed by atoms with van der Waals surface area (Å²) >= 11 is 0. The predicted octanol–water partition coefficient (Wildman–Crippen LogP) is 1.46.